The fourth-order valence-electron chi connectivity index (χ4n) is 1.96. The molecule has 0 aliphatic heterocycles. The monoisotopic (exact) mass is 268 g/mol. The van der Waals surface area contributed by atoms with Crippen LogP contribution in [-0.4, -0.2) is 19.9 Å². The molecule has 2 rings (SSSR count). The number of nitrogens with one attached hydrogen (secondary N) is 2. The van der Waals surface area contributed by atoms with E-state index in [2.05, 4.69) is 21.9 Å². The van der Waals surface area contributed by atoms with E-state index in [0.29, 0.717) is 12.5 Å². The van der Waals surface area contributed by atoms with E-state index >= 15 is 0 Å². The van der Waals surface area contributed by atoms with Crippen LogP contribution in [0.2, 0.25) is 0 Å². The van der Waals surface area contributed by atoms with Gasteiger partial charge in [0.05, 0.1) is 0 Å². The maximum atomic E-state index is 11.9. The Morgan fingerprint density at radius 3 is 2.89 bits per heavy atom. The molecule has 1 atom stereocenters. The molecule has 98 valence electrons. The normalized spacial score (nSPS) is 19.9. The molecular weight excluding hydrogens is 252 g/mol. The van der Waals surface area contributed by atoms with E-state index in [1.807, 2.05) is 0 Å². The van der Waals surface area contributed by atoms with Crippen molar-refractivity contribution in [1.29, 1.82) is 0 Å². The number of pyridine rings is 1. The van der Waals surface area contributed by atoms with Crippen LogP contribution in [0, 0.1) is 5.92 Å². The molecule has 2 N–H and O–H groups in total. The fraction of sp³-hybridized carbons (Fsp3) is 0.417. The molecule has 0 radical (unpaired) electrons. The molecule has 1 unspecified atom stereocenters. The van der Waals surface area contributed by atoms with Crippen LogP contribution in [0.4, 0.5) is 0 Å². The zero-order chi connectivity index (χ0) is 13.0. The summed E-state index contributed by atoms with van der Waals surface area (Å²) in [4.78, 5) is 13.9. The predicted octanol–water partition coefficient (Wildman–Crippen LogP) is 1.01. The summed E-state index contributed by atoms with van der Waals surface area (Å²) in [5.41, 5.74) is -0.496. The molecule has 1 aliphatic carbocycles. The molecule has 0 saturated carbocycles. The smallest absolute Gasteiger partial charge is 0.245 e. The number of aromatic amines is 1. The standard InChI is InChI=1S/C12H16N2O3S/c15-11-6-7-13-9-12(11)18(16,17)14-8-10-4-2-1-3-5-10/h1-2,6-7,9-10,14H,3-5,8H2,(H,13,15). The van der Waals surface area contributed by atoms with Crippen LogP contribution in [0.25, 0.3) is 0 Å². The Balaban J connectivity index is 2.06. The van der Waals surface area contributed by atoms with E-state index in [-0.39, 0.29) is 4.90 Å². The fourth-order valence-corrected chi connectivity index (χ4v) is 3.12. The highest BCUT2D eigenvalue weighted by atomic mass is 32.2. The number of rotatable bonds is 4. The molecule has 0 spiro atoms. The lowest BCUT2D eigenvalue weighted by Gasteiger charge is -2.17. The third kappa shape index (κ3) is 3.08. The number of allylic oxidation sites excluding steroid dienone is 2. The Morgan fingerprint density at radius 1 is 1.39 bits per heavy atom. The minimum Gasteiger partial charge on any atom is -0.366 e. The van der Waals surface area contributed by atoms with Gasteiger partial charge in [0.2, 0.25) is 15.5 Å². The van der Waals surface area contributed by atoms with Gasteiger partial charge in [0, 0.05) is 25.0 Å². The summed E-state index contributed by atoms with van der Waals surface area (Å²) in [6, 6.07) is 1.21. The lowest BCUT2D eigenvalue weighted by atomic mass is 9.95. The van der Waals surface area contributed by atoms with E-state index in [1.54, 1.807) is 0 Å². The first-order valence-electron chi connectivity index (χ1n) is 5.91. The van der Waals surface area contributed by atoms with Gasteiger partial charge >= 0.3 is 0 Å². The molecule has 0 amide bonds. The Kier molecular flexibility index (Phi) is 3.98. The summed E-state index contributed by atoms with van der Waals surface area (Å²) >= 11 is 0. The number of hydrogen-bond acceptors (Lipinski definition) is 3. The Morgan fingerprint density at radius 2 is 2.22 bits per heavy atom. The maximum absolute atomic E-state index is 11.9. The Hall–Kier alpha value is -1.40. The molecule has 0 aromatic carbocycles. The lowest BCUT2D eigenvalue weighted by Crippen LogP contribution is -2.32. The zero-order valence-corrected chi connectivity index (χ0v) is 10.7. The second-order valence-electron chi connectivity index (χ2n) is 4.38. The quantitative estimate of drug-likeness (QED) is 0.800. The molecule has 1 aromatic heterocycles. The second-order valence-corrected chi connectivity index (χ2v) is 6.11. The summed E-state index contributed by atoms with van der Waals surface area (Å²) in [6.45, 7) is 0.376. The van der Waals surface area contributed by atoms with Crippen molar-refractivity contribution in [2.45, 2.75) is 24.2 Å². The van der Waals surface area contributed by atoms with Gasteiger partial charge in [-0.25, -0.2) is 13.1 Å². The highest BCUT2D eigenvalue weighted by molar-refractivity contribution is 7.89. The second kappa shape index (κ2) is 5.49. The molecule has 0 fully saturated rings. The van der Waals surface area contributed by atoms with E-state index < -0.39 is 15.5 Å². The van der Waals surface area contributed by atoms with E-state index in [9.17, 15) is 13.2 Å². The molecule has 1 aliphatic rings. The van der Waals surface area contributed by atoms with Crippen LogP contribution < -0.4 is 10.2 Å². The Bertz CT molecular complexity index is 589. The van der Waals surface area contributed by atoms with E-state index in [4.69, 9.17) is 0 Å². The molecular formula is C12H16N2O3S. The number of hydrogen-bond donors (Lipinski definition) is 2. The van der Waals surface area contributed by atoms with Gasteiger partial charge < -0.3 is 4.98 Å². The summed E-state index contributed by atoms with van der Waals surface area (Å²) in [6.07, 6.45) is 9.64. The van der Waals surface area contributed by atoms with Crippen molar-refractivity contribution in [3.8, 4) is 0 Å². The van der Waals surface area contributed by atoms with Crippen LogP contribution in [0.3, 0.4) is 0 Å². The molecule has 0 bridgehead atoms. The lowest BCUT2D eigenvalue weighted by molar-refractivity contribution is 0.468. The largest absolute Gasteiger partial charge is 0.366 e. The third-order valence-corrected chi connectivity index (χ3v) is 4.46. The first-order valence-corrected chi connectivity index (χ1v) is 7.40. The average molecular weight is 268 g/mol. The topological polar surface area (TPSA) is 79.0 Å². The zero-order valence-electron chi connectivity index (χ0n) is 9.93. The van der Waals surface area contributed by atoms with E-state index in [1.165, 1.54) is 18.5 Å². The van der Waals surface area contributed by atoms with Crippen LogP contribution in [0.15, 0.2) is 40.3 Å². The van der Waals surface area contributed by atoms with Crippen molar-refractivity contribution < 1.29 is 8.42 Å². The minimum absolute atomic E-state index is 0.226. The van der Waals surface area contributed by atoms with Gasteiger partial charge in [0.1, 0.15) is 4.90 Å². The molecule has 5 nitrogen and oxygen atoms in total. The van der Waals surface area contributed by atoms with Crippen molar-refractivity contribution in [3.63, 3.8) is 0 Å². The minimum atomic E-state index is -3.71. The van der Waals surface area contributed by atoms with Crippen LogP contribution in [0.1, 0.15) is 19.3 Å². The highest BCUT2D eigenvalue weighted by Crippen LogP contribution is 2.17. The maximum Gasteiger partial charge on any atom is 0.245 e. The van der Waals surface area contributed by atoms with Crippen molar-refractivity contribution in [2.75, 3.05) is 6.54 Å². The SMILES string of the molecule is O=c1cc[nH]cc1S(=O)(=O)NCC1CC=CCC1. The summed E-state index contributed by atoms with van der Waals surface area (Å²) < 4.78 is 26.4. The Labute approximate surface area is 106 Å². The molecule has 0 saturated heterocycles. The van der Waals surface area contributed by atoms with Crippen molar-refractivity contribution >= 4 is 10.0 Å². The summed E-state index contributed by atoms with van der Waals surface area (Å²) in [7, 11) is -3.71. The molecule has 1 heterocycles. The van der Waals surface area contributed by atoms with Crippen molar-refractivity contribution in [3.05, 3.63) is 40.8 Å². The van der Waals surface area contributed by atoms with Crippen LogP contribution in [-0.2, 0) is 10.0 Å². The first kappa shape index (κ1) is 13.0. The van der Waals surface area contributed by atoms with Gasteiger partial charge in [-0.05, 0) is 25.2 Å². The van der Waals surface area contributed by atoms with Gasteiger partial charge in [0.25, 0.3) is 0 Å². The number of aromatic nitrogens is 1. The average Bonchev–Trinajstić information content (AvgIpc) is 2.38. The highest BCUT2D eigenvalue weighted by Gasteiger charge is 2.19. The summed E-state index contributed by atoms with van der Waals surface area (Å²) in [5.74, 6) is 0.313. The predicted molar refractivity (Wildman–Crippen MR) is 68.7 cm³/mol. The van der Waals surface area contributed by atoms with Gasteiger partial charge in [-0.3, -0.25) is 4.79 Å². The van der Waals surface area contributed by atoms with E-state index in [0.717, 1.165) is 19.3 Å². The van der Waals surface area contributed by atoms with Crippen molar-refractivity contribution in [2.24, 2.45) is 5.92 Å². The van der Waals surface area contributed by atoms with Crippen LogP contribution >= 0.6 is 0 Å². The third-order valence-electron chi connectivity index (χ3n) is 3.02. The molecule has 18 heavy (non-hydrogen) atoms. The first-order chi connectivity index (χ1) is 8.59. The van der Waals surface area contributed by atoms with Gasteiger partial charge in [-0.2, -0.15) is 0 Å². The van der Waals surface area contributed by atoms with Gasteiger partial charge in [-0.1, -0.05) is 12.2 Å². The molecule has 6 heteroatoms. The molecule has 1 aromatic rings. The van der Waals surface area contributed by atoms with Crippen molar-refractivity contribution in [1.82, 2.24) is 9.71 Å². The van der Waals surface area contributed by atoms with Crippen LogP contribution in [0.5, 0.6) is 0 Å². The van der Waals surface area contributed by atoms with Gasteiger partial charge in [-0.15, -0.1) is 0 Å². The number of sulfonamides is 1. The van der Waals surface area contributed by atoms with Gasteiger partial charge in [0.15, 0.2) is 0 Å². The summed E-state index contributed by atoms with van der Waals surface area (Å²) in [5, 5.41) is 0. The number of H-pyrrole nitrogens is 1.